The number of rotatable bonds is 7. The molecule has 0 aliphatic carbocycles. The molecule has 128 valence electrons. The molecule has 0 saturated heterocycles. The van der Waals surface area contributed by atoms with Gasteiger partial charge < -0.3 is 13.8 Å². The summed E-state index contributed by atoms with van der Waals surface area (Å²) in [5.74, 6) is -0.611. The zero-order valence-corrected chi connectivity index (χ0v) is 15.6. The molecule has 0 aromatic heterocycles. The van der Waals surface area contributed by atoms with Crippen molar-refractivity contribution in [2.75, 3.05) is 25.6 Å². The van der Waals surface area contributed by atoms with E-state index >= 15 is 0 Å². The maximum atomic E-state index is 13.3. The summed E-state index contributed by atoms with van der Waals surface area (Å²) in [6.07, 6.45) is 0.0571. The summed E-state index contributed by atoms with van der Waals surface area (Å²) in [6.45, 7) is 8.95. The highest BCUT2D eigenvalue weighted by atomic mass is 32.2. The van der Waals surface area contributed by atoms with Gasteiger partial charge in [-0.05, 0) is 34.6 Å². The highest BCUT2D eigenvalue weighted by Crippen LogP contribution is 2.65. The molecule has 0 aromatic rings. The second-order valence-corrected chi connectivity index (χ2v) is 9.32. The van der Waals surface area contributed by atoms with Crippen LogP contribution in [-0.2, 0) is 33.9 Å². The zero-order valence-electron chi connectivity index (χ0n) is 13.8. The lowest BCUT2D eigenvalue weighted by molar-refractivity contribution is -0.144. The topological polar surface area (TPSA) is 78.9 Å². The maximum Gasteiger partial charge on any atom is 0.360 e. The number of hydrogen-bond donors (Lipinski definition) is 0. The molecule has 0 aromatic carbocycles. The molecule has 1 heterocycles. The van der Waals surface area contributed by atoms with Crippen molar-refractivity contribution in [1.29, 1.82) is 0 Å². The number of allylic oxidation sites excluding steroid dienone is 1. The lowest BCUT2D eigenvalue weighted by Crippen LogP contribution is -2.48. The van der Waals surface area contributed by atoms with E-state index in [1.165, 1.54) is 0 Å². The standard InChI is InChI=1S/C14H25O6PS/c1-6-18-13(15)14(21(16,19-7-2)20-8-3)9-11(4)12(5)10-22(14)17/h6-10H2,1-5H3. The highest BCUT2D eigenvalue weighted by molar-refractivity contribution is 7.96. The summed E-state index contributed by atoms with van der Waals surface area (Å²) < 4.78 is 40.2. The third-order valence-corrected chi connectivity index (χ3v) is 9.06. The van der Waals surface area contributed by atoms with E-state index < -0.39 is 28.9 Å². The molecule has 0 amide bonds. The Hall–Kier alpha value is -0.490. The molecule has 2 unspecified atom stereocenters. The van der Waals surface area contributed by atoms with Gasteiger partial charge in [0.05, 0.1) is 30.6 Å². The van der Waals surface area contributed by atoms with Crippen molar-refractivity contribution >= 4 is 24.4 Å². The maximum absolute atomic E-state index is 13.3. The van der Waals surface area contributed by atoms with E-state index in [9.17, 15) is 13.6 Å². The third-order valence-electron chi connectivity index (χ3n) is 3.59. The van der Waals surface area contributed by atoms with Gasteiger partial charge in [0, 0.05) is 12.2 Å². The predicted octanol–water partition coefficient (Wildman–Crippen LogP) is 3.00. The predicted molar refractivity (Wildman–Crippen MR) is 86.2 cm³/mol. The first kappa shape index (κ1) is 19.6. The van der Waals surface area contributed by atoms with Crippen molar-refractivity contribution in [3.8, 4) is 0 Å². The van der Waals surface area contributed by atoms with Gasteiger partial charge in [-0.25, -0.2) is 4.79 Å². The second kappa shape index (κ2) is 7.86. The Bertz CT molecular complexity index is 519. The van der Waals surface area contributed by atoms with Crippen LogP contribution in [0.4, 0.5) is 0 Å². The number of carbonyl (C=O) groups excluding carboxylic acids is 1. The molecule has 1 rings (SSSR count). The smallest absolute Gasteiger partial charge is 0.360 e. The molecule has 2 atom stereocenters. The summed E-state index contributed by atoms with van der Waals surface area (Å²) in [7, 11) is -5.68. The van der Waals surface area contributed by atoms with Crippen molar-refractivity contribution in [3.05, 3.63) is 11.1 Å². The molecule has 22 heavy (non-hydrogen) atoms. The van der Waals surface area contributed by atoms with Gasteiger partial charge in [0.15, 0.2) is 0 Å². The van der Waals surface area contributed by atoms with E-state index in [4.69, 9.17) is 13.8 Å². The van der Waals surface area contributed by atoms with Crippen LogP contribution in [0, 0.1) is 0 Å². The molecule has 8 heteroatoms. The highest BCUT2D eigenvalue weighted by Gasteiger charge is 2.63. The molecule has 0 saturated carbocycles. The van der Waals surface area contributed by atoms with E-state index in [0.29, 0.717) is 0 Å². The number of hydrogen-bond acceptors (Lipinski definition) is 6. The fourth-order valence-corrected chi connectivity index (χ4v) is 7.26. The minimum absolute atomic E-state index is 0.0571. The molecule has 0 N–H and O–H groups in total. The van der Waals surface area contributed by atoms with Crippen LogP contribution in [0.25, 0.3) is 0 Å². The Morgan fingerprint density at radius 2 is 1.68 bits per heavy atom. The summed E-state index contributed by atoms with van der Waals surface area (Å²) in [4.78, 5) is 12.6. The van der Waals surface area contributed by atoms with Gasteiger partial charge in [-0.2, -0.15) is 0 Å². The lowest BCUT2D eigenvalue weighted by Gasteiger charge is -2.38. The van der Waals surface area contributed by atoms with E-state index in [2.05, 4.69) is 0 Å². The Kier molecular flexibility index (Phi) is 6.99. The molecule has 0 fully saturated rings. The molecule has 0 bridgehead atoms. The van der Waals surface area contributed by atoms with Gasteiger partial charge in [-0.15, -0.1) is 0 Å². The van der Waals surface area contributed by atoms with Gasteiger partial charge in [-0.1, -0.05) is 11.1 Å². The van der Waals surface area contributed by atoms with Crippen LogP contribution in [0.15, 0.2) is 11.1 Å². The third kappa shape index (κ3) is 3.37. The van der Waals surface area contributed by atoms with Crippen molar-refractivity contribution in [2.24, 2.45) is 0 Å². The first-order valence-electron chi connectivity index (χ1n) is 7.39. The zero-order chi connectivity index (χ0) is 17.0. The second-order valence-electron chi connectivity index (χ2n) is 5.07. The van der Waals surface area contributed by atoms with Crippen LogP contribution in [0.2, 0.25) is 0 Å². The molecule has 0 spiro atoms. The van der Waals surface area contributed by atoms with E-state index in [-0.39, 0.29) is 32.0 Å². The largest absolute Gasteiger partial charge is 0.464 e. The van der Waals surface area contributed by atoms with Gasteiger partial charge in [0.25, 0.3) is 0 Å². The SMILES string of the molecule is CCOC(=O)C1(P(=O)(OCC)OCC)CC(C)=C(C)CS1=O. The van der Waals surface area contributed by atoms with Gasteiger partial charge in [0.1, 0.15) is 0 Å². The van der Waals surface area contributed by atoms with Crippen molar-refractivity contribution in [3.63, 3.8) is 0 Å². The van der Waals surface area contributed by atoms with Crippen LogP contribution < -0.4 is 0 Å². The van der Waals surface area contributed by atoms with Crippen molar-refractivity contribution < 1.29 is 27.4 Å². The van der Waals surface area contributed by atoms with E-state index in [1.54, 1.807) is 20.8 Å². The van der Waals surface area contributed by atoms with Crippen LogP contribution >= 0.6 is 7.60 Å². The Morgan fingerprint density at radius 1 is 1.14 bits per heavy atom. The molecule has 1 aliphatic heterocycles. The fraction of sp³-hybridized carbons (Fsp3) is 0.786. The first-order chi connectivity index (χ1) is 10.3. The quantitative estimate of drug-likeness (QED) is 0.398. The lowest BCUT2D eigenvalue weighted by atomic mass is 10.1. The fourth-order valence-electron chi connectivity index (χ4n) is 2.36. The molecular formula is C14H25O6PS. The molecule has 1 aliphatic rings. The van der Waals surface area contributed by atoms with Crippen LogP contribution in [0.1, 0.15) is 41.0 Å². The summed E-state index contributed by atoms with van der Waals surface area (Å²) in [6, 6.07) is 0. The normalized spacial score (nSPS) is 26.1. The van der Waals surface area contributed by atoms with Crippen molar-refractivity contribution in [1.82, 2.24) is 0 Å². The van der Waals surface area contributed by atoms with Crippen LogP contribution in [0.5, 0.6) is 0 Å². The summed E-state index contributed by atoms with van der Waals surface area (Å²) >= 11 is 0. The summed E-state index contributed by atoms with van der Waals surface area (Å²) in [5, 5.41) is 0. The molecule has 6 nitrogen and oxygen atoms in total. The average molecular weight is 352 g/mol. The Labute approximate surface area is 134 Å². The minimum Gasteiger partial charge on any atom is -0.464 e. The van der Waals surface area contributed by atoms with Gasteiger partial charge in [0.2, 0.25) is 4.49 Å². The van der Waals surface area contributed by atoms with Gasteiger partial charge in [-0.3, -0.25) is 8.77 Å². The minimum atomic E-state index is -3.94. The Morgan fingerprint density at radius 3 is 2.14 bits per heavy atom. The number of ether oxygens (including phenoxy) is 1. The first-order valence-corrected chi connectivity index (χ1v) is 10.2. The molecular weight excluding hydrogens is 327 g/mol. The number of carbonyl (C=O) groups is 1. The molecule has 0 radical (unpaired) electrons. The summed E-state index contributed by atoms with van der Waals surface area (Å²) in [5.41, 5.74) is 1.80. The van der Waals surface area contributed by atoms with Gasteiger partial charge >= 0.3 is 13.6 Å². The van der Waals surface area contributed by atoms with E-state index in [1.807, 2.05) is 13.8 Å². The van der Waals surface area contributed by atoms with Crippen LogP contribution in [0.3, 0.4) is 0 Å². The monoisotopic (exact) mass is 352 g/mol. The van der Waals surface area contributed by atoms with Crippen LogP contribution in [-0.4, -0.2) is 40.2 Å². The number of esters is 1. The van der Waals surface area contributed by atoms with E-state index in [0.717, 1.165) is 11.1 Å². The average Bonchev–Trinajstić information content (AvgIpc) is 2.43. The Balaban J connectivity index is 3.50. The van der Waals surface area contributed by atoms with Crippen molar-refractivity contribution in [2.45, 2.75) is 45.5 Å².